The first-order chi connectivity index (χ1) is 12.6. The number of hydrogen-bond acceptors (Lipinski definition) is 4. The number of rotatable bonds is 9. The first-order valence-corrected chi connectivity index (χ1v) is 9.40. The topological polar surface area (TPSA) is 65.7 Å². The number of aromatic nitrogens is 1. The number of nitrogens with zero attached hydrogens (tertiary/aromatic N) is 3. The third kappa shape index (κ3) is 6.19. The van der Waals surface area contributed by atoms with Crippen molar-refractivity contribution in [2.45, 2.75) is 40.3 Å². The summed E-state index contributed by atoms with van der Waals surface area (Å²) in [5.74, 6) is 1.43. The summed E-state index contributed by atoms with van der Waals surface area (Å²) in [4.78, 5) is 11.5. The molecule has 0 atom stereocenters. The molecule has 26 heavy (non-hydrogen) atoms. The number of likely N-dealkylation sites (N-methyl/N-ethyl adjacent to an activating group) is 1. The summed E-state index contributed by atoms with van der Waals surface area (Å²) in [6.07, 6.45) is 1.67. The van der Waals surface area contributed by atoms with Crippen LogP contribution in [0.4, 0.5) is 0 Å². The molecular formula is C20H31N5O. The van der Waals surface area contributed by atoms with E-state index in [0.717, 1.165) is 43.4 Å². The van der Waals surface area contributed by atoms with Gasteiger partial charge in [-0.25, -0.2) is 9.98 Å². The Morgan fingerprint density at radius 3 is 2.62 bits per heavy atom. The molecule has 0 aliphatic heterocycles. The molecule has 0 saturated heterocycles. The molecule has 1 aromatic heterocycles. The van der Waals surface area contributed by atoms with Crippen LogP contribution in [0.3, 0.4) is 0 Å². The number of aliphatic imine (C=N–C) groups is 1. The monoisotopic (exact) mass is 357 g/mol. The summed E-state index contributed by atoms with van der Waals surface area (Å²) in [5.41, 5.74) is 1.79. The molecule has 0 saturated carbocycles. The lowest BCUT2D eigenvalue weighted by Crippen LogP contribution is -2.43. The molecule has 0 unspecified atom stereocenters. The predicted molar refractivity (Wildman–Crippen MR) is 107 cm³/mol. The minimum Gasteiger partial charge on any atom is -0.444 e. The van der Waals surface area contributed by atoms with E-state index in [9.17, 15) is 0 Å². The second-order valence-corrected chi connectivity index (χ2v) is 6.35. The van der Waals surface area contributed by atoms with E-state index < -0.39 is 0 Å². The summed E-state index contributed by atoms with van der Waals surface area (Å²) in [6, 6.07) is 10.4. The third-order valence-corrected chi connectivity index (χ3v) is 4.14. The SMILES string of the molecule is CCNC(=NCc1coc(-c2ccccc2)n1)NCCN(CC)C(C)C. The lowest BCUT2D eigenvalue weighted by molar-refractivity contribution is 0.237. The fourth-order valence-corrected chi connectivity index (χ4v) is 2.69. The number of oxazole rings is 1. The van der Waals surface area contributed by atoms with Gasteiger partial charge in [0.2, 0.25) is 5.89 Å². The van der Waals surface area contributed by atoms with Gasteiger partial charge >= 0.3 is 0 Å². The van der Waals surface area contributed by atoms with Crippen molar-refractivity contribution < 1.29 is 4.42 Å². The molecule has 0 aliphatic carbocycles. The summed E-state index contributed by atoms with van der Waals surface area (Å²) < 4.78 is 5.57. The smallest absolute Gasteiger partial charge is 0.226 e. The number of guanidine groups is 1. The van der Waals surface area contributed by atoms with Gasteiger partial charge < -0.3 is 15.1 Å². The van der Waals surface area contributed by atoms with E-state index >= 15 is 0 Å². The maximum atomic E-state index is 5.57. The maximum Gasteiger partial charge on any atom is 0.226 e. The molecule has 2 aromatic rings. The summed E-state index contributed by atoms with van der Waals surface area (Å²) in [6.45, 7) is 12.9. The Bertz CT molecular complexity index is 666. The van der Waals surface area contributed by atoms with Crippen LogP contribution >= 0.6 is 0 Å². The van der Waals surface area contributed by atoms with Gasteiger partial charge in [-0.2, -0.15) is 0 Å². The second kappa shape index (κ2) is 10.6. The van der Waals surface area contributed by atoms with Gasteiger partial charge in [-0.15, -0.1) is 0 Å². The van der Waals surface area contributed by atoms with E-state index in [-0.39, 0.29) is 0 Å². The largest absolute Gasteiger partial charge is 0.444 e. The van der Waals surface area contributed by atoms with Gasteiger partial charge in [-0.1, -0.05) is 25.1 Å². The van der Waals surface area contributed by atoms with Crippen molar-refractivity contribution in [1.29, 1.82) is 0 Å². The first-order valence-electron chi connectivity index (χ1n) is 9.40. The maximum absolute atomic E-state index is 5.57. The van der Waals surface area contributed by atoms with Gasteiger partial charge in [-0.05, 0) is 39.4 Å². The average Bonchev–Trinajstić information content (AvgIpc) is 3.12. The molecule has 2 N–H and O–H groups in total. The van der Waals surface area contributed by atoms with Gasteiger partial charge in [-0.3, -0.25) is 4.90 Å². The molecule has 0 amide bonds. The molecule has 6 heteroatoms. The molecule has 0 radical (unpaired) electrons. The van der Waals surface area contributed by atoms with Crippen LogP contribution in [-0.2, 0) is 6.54 Å². The normalized spacial score (nSPS) is 12.0. The molecule has 0 fully saturated rings. The molecule has 1 aromatic carbocycles. The highest BCUT2D eigenvalue weighted by atomic mass is 16.3. The molecule has 2 rings (SSSR count). The molecule has 0 aliphatic rings. The van der Waals surface area contributed by atoms with Gasteiger partial charge in [0.05, 0.1) is 6.54 Å². The Balaban J connectivity index is 1.91. The van der Waals surface area contributed by atoms with E-state index in [2.05, 4.69) is 53.2 Å². The Hall–Kier alpha value is -2.34. The highest BCUT2D eigenvalue weighted by Crippen LogP contribution is 2.18. The Labute approximate surface area is 156 Å². The van der Waals surface area contributed by atoms with Crippen LogP contribution in [-0.4, -0.2) is 48.1 Å². The lowest BCUT2D eigenvalue weighted by atomic mass is 10.2. The van der Waals surface area contributed by atoms with E-state index in [0.29, 0.717) is 18.5 Å². The fourth-order valence-electron chi connectivity index (χ4n) is 2.69. The van der Waals surface area contributed by atoms with Crippen molar-refractivity contribution >= 4 is 5.96 Å². The van der Waals surface area contributed by atoms with Gasteiger partial charge in [0.1, 0.15) is 12.0 Å². The van der Waals surface area contributed by atoms with Crippen molar-refractivity contribution in [3.05, 3.63) is 42.3 Å². The van der Waals surface area contributed by atoms with Crippen molar-refractivity contribution in [2.75, 3.05) is 26.2 Å². The zero-order valence-corrected chi connectivity index (χ0v) is 16.3. The van der Waals surface area contributed by atoms with Crippen molar-refractivity contribution in [1.82, 2.24) is 20.5 Å². The van der Waals surface area contributed by atoms with Crippen LogP contribution in [0, 0.1) is 0 Å². The van der Waals surface area contributed by atoms with Gasteiger partial charge in [0, 0.05) is 31.2 Å². The molecule has 0 spiro atoms. The zero-order chi connectivity index (χ0) is 18.8. The zero-order valence-electron chi connectivity index (χ0n) is 16.3. The van der Waals surface area contributed by atoms with E-state index in [1.807, 2.05) is 30.3 Å². The van der Waals surface area contributed by atoms with Crippen LogP contribution in [0.1, 0.15) is 33.4 Å². The Morgan fingerprint density at radius 2 is 1.96 bits per heavy atom. The highest BCUT2D eigenvalue weighted by Gasteiger charge is 2.08. The fraction of sp³-hybridized carbons (Fsp3) is 0.500. The van der Waals surface area contributed by atoms with E-state index in [4.69, 9.17) is 4.42 Å². The molecule has 6 nitrogen and oxygen atoms in total. The molecule has 142 valence electrons. The second-order valence-electron chi connectivity index (χ2n) is 6.35. The predicted octanol–water partition coefficient (Wildman–Crippen LogP) is 3.13. The van der Waals surface area contributed by atoms with Crippen molar-refractivity contribution in [2.24, 2.45) is 4.99 Å². The molecule has 1 heterocycles. The van der Waals surface area contributed by atoms with E-state index in [1.54, 1.807) is 6.26 Å². The lowest BCUT2D eigenvalue weighted by Gasteiger charge is -2.25. The van der Waals surface area contributed by atoms with Crippen LogP contribution in [0.25, 0.3) is 11.5 Å². The van der Waals surface area contributed by atoms with Crippen LogP contribution < -0.4 is 10.6 Å². The molecular weight excluding hydrogens is 326 g/mol. The van der Waals surface area contributed by atoms with Crippen LogP contribution in [0.5, 0.6) is 0 Å². The van der Waals surface area contributed by atoms with Gasteiger partial charge in [0.25, 0.3) is 0 Å². The summed E-state index contributed by atoms with van der Waals surface area (Å²) >= 11 is 0. The Kier molecular flexibility index (Phi) is 8.15. The first kappa shape index (κ1) is 20.0. The quantitative estimate of drug-likeness (QED) is 0.533. The van der Waals surface area contributed by atoms with Gasteiger partial charge in [0.15, 0.2) is 5.96 Å². The number of nitrogens with one attached hydrogen (secondary N) is 2. The average molecular weight is 358 g/mol. The van der Waals surface area contributed by atoms with Crippen LogP contribution in [0.2, 0.25) is 0 Å². The minimum atomic E-state index is 0.480. The minimum absolute atomic E-state index is 0.480. The van der Waals surface area contributed by atoms with Crippen molar-refractivity contribution in [3.63, 3.8) is 0 Å². The highest BCUT2D eigenvalue weighted by molar-refractivity contribution is 5.79. The van der Waals surface area contributed by atoms with Crippen molar-refractivity contribution in [3.8, 4) is 11.5 Å². The summed E-state index contributed by atoms with van der Waals surface area (Å²) in [5, 5.41) is 6.66. The molecule has 0 bridgehead atoms. The third-order valence-electron chi connectivity index (χ3n) is 4.14. The summed E-state index contributed by atoms with van der Waals surface area (Å²) in [7, 11) is 0. The standard InChI is InChI=1S/C20H31N5O/c1-5-21-20(22-12-13-25(6-2)16(3)4)23-14-18-15-26-19(24-18)17-10-8-7-9-11-17/h7-11,15-16H,5-6,12-14H2,1-4H3,(H2,21,22,23). The Morgan fingerprint density at radius 1 is 1.19 bits per heavy atom. The number of hydrogen-bond donors (Lipinski definition) is 2. The number of benzene rings is 1. The van der Waals surface area contributed by atoms with E-state index in [1.165, 1.54) is 0 Å². The van der Waals surface area contributed by atoms with Crippen LogP contribution in [0.15, 0.2) is 46.0 Å².